The Hall–Kier alpha value is -3.27. The van der Waals surface area contributed by atoms with Crippen LogP contribution < -0.4 is 9.47 Å². The third-order valence-electron chi connectivity index (χ3n) is 6.23. The number of ketones is 1. The Balaban J connectivity index is 1.77. The molecule has 2 aromatic carbocycles. The van der Waals surface area contributed by atoms with E-state index in [1.165, 1.54) is 5.57 Å². The molecular weight excluding hydrogens is 424 g/mol. The number of ether oxygens (including phenoxy) is 2. The standard InChI is InChI=1S/C30H34O4/c1-18(2)7-9-20-15-22(16-21-13-14-30(5,6)34-28(20)21)27-17-26(32)24-11-12-25(31)23(29(24)33-27)10-8-19(3)4/h7-8,11-16,27,31H,9-10,17H2,1-6H3/t27-/m1/s1. The van der Waals surface area contributed by atoms with Gasteiger partial charge in [-0.3, -0.25) is 4.79 Å². The van der Waals surface area contributed by atoms with Crippen LogP contribution in [0.5, 0.6) is 17.2 Å². The fourth-order valence-corrected chi connectivity index (χ4v) is 4.35. The molecule has 34 heavy (non-hydrogen) atoms. The van der Waals surface area contributed by atoms with Crippen LogP contribution in [-0.2, 0) is 12.8 Å². The van der Waals surface area contributed by atoms with E-state index in [1.807, 2.05) is 33.8 Å². The first-order valence-electron chi connectivity index (χ1n) is 11.9. The second-order valence-electron chi connectivity index (χ2n) is 10.3. The normalized spacial score (nSPS) is 17.7. The van der Waals surface area contributed by atoms with Crippen LogP contribution in [-0.4, -0.2) is 16.5 Å². The lowest BCUT2D eigenvalue weighted by molar-refractivity contribution is 0.0847. The molecule has 4 nitrogen and oxygen atoms in total. The number of carbonyl (C=O) groups is 1. The molecular formula is C30H34O4. The van der Waals surface area contributed by atoms with Gasteiger partial charge in [-0.15, -0.1) is 0 Å². The minimum absolute atomic E-state index is 0.0289. The van der Waals surface area contributed by atoms with Crippen molar-refractivity contribution in [2.75, 3.05) is 0 Å². The number of phenolic OH excluding ortho intramolecular Hbond substituents is 1. The lowest BCUT2D eigenvalue weighted by atomic mass is 9.90. The summed E-state index contributed by atoms with van der Waals surface area (Å²) in [5.74, 6) is 1.56. The largest absolute Gasteiger partial charge is 0.508 e. The average Bonchev–Trinajstić information content (AvgIpc) is 2.75. The number of rotatable bonds is 5. The summed E-state index contributed by atoms with van der Waals surface area (Å²) in [6, 6.07) is 7.43. The Morgan fingerprint density at radius 3 is 2.47 bits per heavy atom. The number of phenols is 1. The molecule has 0 bridgehead atoms. The van der Waals surface area contributed by atoms with E-state index < -0.39 is 6.10 Å². The molecule has 1 atom stereocenters. The molecule has 0 aromatic heterocycles. The minimum Gasteiger partial charge on any atom is -0.508 e. The van der Waals surface area contributed by atoms with Gasteiger partial charge in [0.15, 0.2) is 5.78 Å². The first kappa shape index (κ1) is 23.9. The van der Waals surface area contributed by atoms with Crippen molar-refractivity contribution in [3.05, 3.63) is 81.5 Å². The molecule has 2 aliphatic rings. The van der Waals surface area contributed by atoms with Crippen molar-refractivity contribution in [2.24, 2.45) is 0 Å². The molecule has 2 aromatic rings. The van der Waals surface area contributed by atoms with Gasteiger partial charge in [-0.1, -0.05) is 29.4 Å². The highest BCUT2D eigenvalue weighted by atomic mass is 16.5. The summed E-state index contributed by atoms with van der Waals surface area (Å²) >= 11 is 0. The van der Waals surface area contributed by atoms with Crippen molar-refractivity contribution < 1.29 is 19.4 Å². The van der Waals surface area contributed by atoms with E-state index in [1.54, 1.807) is 12.1 Å². The van der Waals surface area contributed by atoms with Crippen LogP contribution in [0.1, 0.15) is 86.7 Å². The zero-order valence-corrected chi connectivity index (χ0v) is 21.0. The summed E-state index contributed by atoms with van der Waals surface area (Å²) in [5.41, 5.74) is 6.22. The molecule has 2 aliphatic heterocycles. The summed E-state index contributed by atoms with van der Waals surface area (Å²) in [7, 11) is 0. The van der Waals surface area contributed by atoms with Gasteiger partial charge in [0.1, 0.15) is 29.0 Å². The van der Waals surface area contributed by atoms with Crippen molar-refractivity contribution in [1.82, 2.24) is 0 Å². The third kappa shape index (κ3) is 4.96. The van der Waals surface area contributed by atoms with E-state index in [0.29, 0.717) is 23.3 Å². The molecule has 0 amide bonds. The zero-order chi connectivity index (χ0) is 24.6. The lowest BCUT2D eigenvalue weighted by Crippen LogP contribution is -2.28. The van der Waals surface area contributed by atoms with E-state index in [0.717, 1.165) is 34.4 Å². The van der Waals surface area contributed by atoms with E-state index in [-0.39, 0.29) is 23.6 Å². The fraction of sp³-hybridized carbons (Fsp3) is 0.367. The molecule has 0 saturated heterocycles. The van der Waals surface area contributed by atoms with Gasteiger partial charge in [-0.25, -0.2) is 0 Å². The molecule has 0 fully saturated rings. The quantitative estimate of drug-likeness (QED) is 0.478. The molecule has 1 N–H and O–H groups in total. The van der Waals surface area contributed by atoms with E-state index >= 15 is 0 Å². The van der Waals surface area contributed by atoms with Crippen molar-refractivity contribution >= 4 is 11.9 Å². The van der Waals surface area contributed by atoms with Gasteiger partial charge < -0.3 is 14.6 Å². The van der Waals surface area contributed by atoms with Crippen LogP contribution in [0.3, 0.4) is 0 Å². The van der Waals surface area contributed by atoms with Crippen LogP contribution >= 0.6 is 0 Å². The van der Waals surface area contributed by atoms with Crippen LogP contribution in [0.2, 0.25) is 0 Å². The fourth-order valence-electron chi connectivity index (χ4n) is 4.35. The number of carbonyl (C=O) groups excluding carboxylic acids is 1. The van der Waals surface area contributed by atoms with Crippen molar-refractivity contribution in [2.45, 2.75) is 72.5 Å². The first-order valence-corrected chi connectivity index (χ1v) is 11.9. The van der Waals surface area contributed by atoms with E-state index in [4.69, 9.17) is 9.47 Å². The highest BCUT2D eigenvalue weighted by molar-refractivity contribution is 6.00. The molecule has 0 spiro atoms. The third-order valence-corrected chi connectivity index (χ3v) is 6.23. The van der Waals surface area contributed by atoms with Gasteiger partial charge in [0.25, 0.3) is 0 Å². The maximum absolute atomic E-state index is 13.1. The Bertz CT molecular complexity index is 1220. The van der Waals surface area contributed by atoms with Gasteiger partial charge in [0, 0.05) is 11.1 Å². The lowest BCUT2D eigenvalue weighted by Gasteiger charge is -2.32. The van der Waals surface area contributed by atoms with Crippen LogP contribution in [0.4, 0.5) is 0 Å². The van der Waals surface area contributed by atoms with Crippen LogP contribution in [0, 0.1) is 0 Å². The Kier molecular flexibility index (Phi) is 6.44. The molecule has 4 heteroatoms. The number of Topliss-reactive ketones (excluding diaryl/α,β-unsaturated/α-hetero) is 1. The average molecular weight is 459 g/mol. The number of hydrogen-bond donors (Lipinski definition) is 1. The number of benzene rings is 2. The van der Waals surface area contributed by atoms with Gasteiger partial charge in [-0.2, -0.15) is 0 Å². The molecule has 0 aliphatic carbocycles. The molecule has 2 heterocycles. The molecule has 4 rings (SSSR count). The Labute approximate surface area is 202 Å². The van der Waals surface area contributed by atoms with Crippen molar-refractivity contribution in [1.29, 1.82) is 0 Å². The Morgan fingerprint density at radius 1 is 1.06 bits per heavy atom. The summed E-state index contributed by atoms with van der Waals surface area (Å²) < 4.78 is 12.8. The number of fused-ring (bicyclic) bond motifs is 2. The monoisotopic (exact) mass is 458 g/mol. The molecule has 178 valence electrons. The van der Waals surface area contributed by atoms with Gasteiger partial charge in [-0.05, 0) is 95.9 Å². The molecule has 0 radical (unpaired) electrons. The highest BCUT2D eigenvalue weighted by Crippen LogP contribution is 2.43. The summed E-state index contributed by atoms with van der Waals surface area (Å²) in [5, 5.41) is 10.5. The van der Waals surface area contributed by atoms with Crippen LogP contribution in [0.25, 0.3) is 6.08 Å². The van der Waals surface area contributed by atoms with E-state index in [2.05, 4.69) is 44.2 Å². The summed E-state index contributed by atoms with van der Waals surface area (Å²) in [6.07, 6.45) is 9.47. The second-order valence-corrected chi connectivity index (χ2v) is 10.3. The van der Waals surface area contributed by atoms with E-state index in [9.17, 15) is 9.90 Å². The smallest absolute Gasteiger partial charge is 0.170 e. The SMILES string of the molecule is CC(C)=CCc1cc([C@H]2CC(=O)c3ccc(O)c(CC=C(C)C)c3O2)cc2c1OC(C)(C)C=C2. The highest BCUT2D eigenvalue weighted by Gasteiger charge is 2.32. The maximum Gasteiger partial charge on any atom is 0.170 e. The predicted octanol–water partition coefficient (Wildman–Crippen LogP) is 7.30. The Morgan fingerprint density at radius 2 is 1.76 bits per heavy atom. The maximum atomic E-state index is 13.1. The summed E-state index contributed by atoms with van der Waals surface area (Å²) in [4.78, 5) is 13.1. The molecule has 0 saturated carbocycles. The number of allylic oxidation sites excluding steroid dienone is 4. The van der Waals surface area contributed by atoms with Crippen molar-refractivity contribution in [3.63, 3.8) is 0 Å². The minimum atomic E-state index is -0.425. The van der Waals surface area contributed by atoms with Crippen molar-refractivity contribution in [3.8, 4) is 17.2 Å². The van der Waals surface area contributed by atoms with Gasteiger partial charge in [0.05, 0.1) is 12.0 Å². The molecule has 0 unspecified atom stereocenters. The number of aromatic hydroxyl groups is 1. The second kappa shape index (κ2) is 9.17. The number of hydrogen-bond acceptors (Lipinski definition) is 4. The van der Waals surface area contributed by atoms with Gasteiger partial charge in [0.2, 0.25) is 0 Å². The summed E-state index contributed by atoms with van der Waals surface area (Å²) in [6.45, 7) is 12.3. The van der Waals surface area contributed by atoms with Crippen LogP contribution in [0.15, 0.2) is 53.6 Å². The first-order chi connectivity index (χ1) is 16.0. The topological polar surface area (TPSA) is 55.8 Å². The predicted molar refractivity (Wildman–Crippen MR) is 137 cm³/mol. The van der Waals surface area contributed by atoms with Gasteiger partial charge >= 0.3 is 0 Å². The zero-order valence-electron chi connectivity index (χ0n) is 21.0.